The van der Waals surface area contributed by atoms with E-state index in [4.69, 9.17) is 17.3 Å². The van der Waals surface area contributed by atoms with Gasteiger partial charge in [-0.15, -0.1) is 0 Å². The lowest BCUT2D eigenvalue weighted by Gasteiger charge is -2.15. The average molecular weight is 261 g/mol. The van der Waals surface area contributed by atoms with Crippen molar-refractivity contribution >= 4 is 21.6 Å². The molecule has 0 spiro atoms. The van der Waals surface area contributed by atoms with Crippen molar-refractivity contribution in [2.45, 2.75) is 17.4 Å². The lowest BCUT2D eigenvalue weighted by Crippen LogP contribution is -2.31. The predicted molar refractivity (Wildman–Crippen MR) is 62.8 cm³/mol. The van der Waals surface area contributed by atoms with Gasteiger partial charge in [0.1, 0.15) is 0 Å². The Labute approximate surface area is 100 Å². The number of rotatable bonds is 2. The quantitative estimate of drug-likeness (QED) is 0.865. The number of benzene rings is 1. The van der Waals surface area contributed by atoms with Crippen molar-refractivity contribution in [3.8, 4) is 0 Å². The van der Waals surface area contributed by atoms with Crippen LogP contribution in [0.1, 0.15) is 6.42 Å². The molecule has 6 heteroatoms. The third-order valence-electron chi connectivity index (χ3n) is 2.64. The lowest BCUT2D eigenvalue weighted by atomic mass is 10.3. The van der Waals surface area contributed by atoms with Crippen LogP contribution in [0.15, 0.2) is 29.2 Å². The summed E-state index contributed by atoms with van der Waals surface area (Å²) in [7, 11) is -3.39. The fourth-order valence-corrected chi connectivity index (χ4v) is 3.37. The molecule has 1 aromatic rings. The van der Waals surface area contributed by atoms with Gasteiger partial charge in [0.25, 0.3) is 0 Å². The van der Waals surface area contributed by atoms with Gasteiger partial charge in [0.05, 0.1) is 4.90 Å². The first-order chi connectivity index (χ1) is 7.50. The lowest BCUT2D eigenvalue weighted by molar-refractivity contribution is 0.472. The maximum absolute atomic E-state index is 12.1. The van der Waals surface area contributed by atoms with Crippen LogP contribution in [-0.4, -0.2) is 31.9 Å². The highest BCUT2D eigenvalue weighted by Crippen LogP contribution is 2.21. The summed E-state index contributed by atoms with van der Waals surface area (Å²) in [6.45, 7) is 0.886. The molecule has 0 aromatic heterocycles. The molecular formula is C10H13ClN2O2S. The summed E-state index contributed by atoms with van der Waals surface area (Å²) in [5.74, 6) is 0. The molecule has 4 nitrogen and oxygen atoms in total. The molecule has 1 aliphatic heterocycles. The van der Waals surface area contributed by atoms with E-state index in [2.05, 4.69) is 0 Å². The summed E-state index contributed by atoms with van der Waals surface area (Å²) in [5, 5.41) is 0.525. The molecule has 0 saturated carbocycles. The first kappa shape index (κ1) is 11.9. The highest BCUT2D eigenvalue weighted by molar-refractivity contribution is 7.89. The Balaban J connectivity index is 2.29. The highest BCUT2D eigenvalue weighted by atomic mass is 35.5. The molecule has 1 fully saturated rings. The maximum Gasteiger partial charge on any atom is 0.243 e. The van der Waals surface area contributed by atoms with Gasteiger partial charge in [-0.05, 0) is 30.7 Å². The molecule has 16 heavy (non-hydrogen) atoms. The molecule has 2 N–H and O–H groups in total. The van der Waals surface area contributed by atoms with Crippen molar-refractivity contribution in [2.75, 3.05) is 13.1 Å². The summed E-state index contributed by atoms with van der Waals surface area (Å²) in [6.07, 6.45) is 0.715. The van der Waals surface area contributed by atoms with Crippen LogP contribution in [-0.2, 0) is 10.0 Å². The molecule has 0 bridgehead atoms. The first-order valence-electron chi connectivity index (χ1n) is 5.01. The second kappa shape index (κ2) is 4.33. The van der Waals surface area contributed by atoms with E-state index in [1.165, 1.54) is 16.4 Å². The van der Waals surface area contributed by atoms with Gasteiger partial charge < -0.3 is 5.73 Å². The number of sulfonamides is 1. The van der Waals surface area contributed by atoms with Crippen molar-refractivity contribution < 1.29 is 8.42 Å². The molecule has 1 atom stereocenters. The van der Waals surface area contributed by atoms with Gasteiger partial charge in [0.2, 0.25) is 10.0 Å². The predicted octanol–water partition coefficient (Wildman–Crippen LogP) is 1.06. The summed E-state index contributed by atoms with van der Waals surface area (Å²) < 4.78 is 25.7. The number of nitrogens with two attached hydrogens (primary N) is 1. The largest absolute Gasteiger partial charge is 0.326 e. The summed E-state index contributed by atoms with van der Waals surface area (Å²) in [5.41, 5.74) is 5.70. The molecule has 0 aliphatic carbocycles. The standard InChI is InChI=1S/C10H13ClN2O2S/c11-8-1-3-10(4-2-8)16(14,15)13-6-5-9(12)7-13/h1-4,9H,5-7,12H2/t9-/m0/s1. The Morgan fingerprint density at radius 2 is 1.94 bits per heavy atom. The molecule has 0 amide bonds. The Kier molecular flexibility index (Phi) is 3.21. The molecule has 1 heterocycles. The molecule has 2 rings (SSSR count). The van der Waals surface area contributed by atoms with E-state index < -0.39 is 10.0 Å². The summed E-state index contributed by atoms with van der Waals surface area (Å²) >= 11 is 5.72. The molecule has 0 radical (unpaired) electrons. The minimum absolute atomic E-state index is 0.0536. The van der Waals surface area contributed by atoms with E-state index in [-0.39, 0.29) is 10.9 Å². The van der Waals surface area contributed by atoms with E-state index in [1.54, 1.807) is 12.1 Å². The van der Waals surface area contributed by atoms with Crippen molar-refractivity contribution in [2.24, 2.45) is 5.73 Å². The minimum Gasteiger partial charge on any atom is -0.326 e. The minimum atomic E-state index is -3.39. The fraction of sp³-hybridized carbons (Fsp3) is 0.400. The molecule has 1 aromatic carbocycles. The Morgan fingerprint density at radius 1 is 1.31 bits per heavy atom. The van der Waals surface area contributed by atoms with Crippen LogP contribution in [0.3, 0.4) is 0 Å². The van der Waals surface area contributed by atoms with E-state index in [0.29, 0.717) is 24.5 Å². The molecule has 1 saturated heterocycles. The van der Waals surface area contributed by atoms with Gasteiger partial charge in [0.15, 0.2) is 0 Å². The number of hydrogen-bond donors (Lipinski definition) is 1. The number of hydrogen-bond acceptors (Lipinski definition) is 3. The smallest absolute Gasteiger partial charge is 0.243 e. The van der Waals surface area contributed by atoms with Crippen LogP contribution in [0.5, 0.6) is 0 Å². The van der Waals surface area contributed by atoms with Gasteiger partial charge in [-0.25, -0.2) is 8.42 Å². The fourth-order valence-electron chi connectivity index (χ4n) is 1.73. The number of nitrogens with zero attached hydrogens (tertiary/aromatic N) is 1. The van der Waals surface area contributed by atoms with Gasteiger partial charge >= 0.3 is 0 Å². The van der Waals surface area contributed by atoms with E-state index in [1.807, 2.05) is 0 Å². The Morgan fingerprint density at radius 3 is 2.44 bits per heavy atom. The van der Waals surface area contributed by atoms with E-state index >= 15 is 0 Å². The molecule has 88 valence electrons. The van der Waals surface area contributed by atoms with E-state index in [0.717, 1.165) is 0 Å². The second-order valence-electron chi connectivity index (χ2n) is 3.87. The normalized spacial score (nSPS) is 22.5. The van der Waals surface area contributed by atoms with E-state index in [9.17, 15) is 8.42 Å². The molecule has 0 unspecified atom stereocenters. The van der Waals surface area contributed by atoms with Crippen LogP contribution < -0.4 is 5.73 Å². The monoisotopic (exact) mass is 260 g/mol. The zero-order valence-corrected chi connectivity index (χ0v) is 10.2. The highest BCUT2D eigenvalue weighted by Gasteiger charge is 2.30. The Hall–Kier alpha value is -0.620. The van der Waals surface area contributed by atoms with Crippen molar-refractivity contribution in [3.05, 3.63) is 29.3 Å². The zero-order valence-electron chi connectivity index (χ0n) is 8.64. The SMILES string of the molecule is N[C@H]1CCN(S(=O)(=O)c2ccc(Cl)cc2)C1. The van der Waals surface area contributed by atoms with Crippen molar-refractivity contribution in [3.63, 3.8) is 0 Å². The molecular weight excluding hydrogens is 248 g/mol. The van der Waals surface area contributed by atoms with Crippen molar-refractivity contribution in [1.82, 2.24) is 4.31 Å². The third kappa shape index (κ3) is 2.22. The van der Waals surface area contributed by atoms with Gasteiger partial charge in [0, 0.05) is 24.2 Å². The molecule has 1 aliphatic rings. The second-order valence-corrected chi connectivity index (χ2v) is 6.24. The van der Waals surface area contributed by atoms with Gasteiger partial charge in [-0.1, -0.05) is 11.6 Å². The maximum atomic E-state index is 12.1. The van der Waals surface area contributed by atoms with Crippen LogP contribution in [0.4, 0.5) is 0 Å². The van der Waals surface area contributed by atoms with Gasteiger partial charge in [-0.3, -0.25) is 0 Å². The van der Waals surface area contributed by atoms with Crippen LogP contribution in [0, 0.1) is 0 Å². The zero-order chi connectivity index (χ0) is 11.8. The topological polar surface area (TPSA) is 63.4 Å². The van der Waals surface area contributed by atoms with Crippen LogP contribution in [0.25, 0.3) is 0 Å². The summed E-state index contributed by atoms with van der Waals surface area (Å²) in [4.78, 5) is 0.269. The third-order valence-corrected chi connectivity index (χ3v) is 4.77. The summed E-state index contributed by atoms with van der Waals surface area (Å²) in [6, 6.07) is 6.12. The Bertz CT molecular complexity index is 472. The van der Waals surface area contributed by atoms with Crippen molar-refractivity contribution in [1.29, 1.82) is 0 Å². The first-order valence-corrected chi connectivity index (χ1v) is 6.83. The average Bonchev–Trinajstić information content (AvgIpc) is 2.66. The van der Waals surface area contributed by atoms with Crippen LogP contribution >= 0.6 is 11.6 Å². The van der Waals surface area contributed by atoms with Gasteiger partial charge in [-0.2, -0.15) is 4.31 Å². The number of halogens is 1. The van der Waals surface area contributed by atoms with Crippen LogP contribution in [0.2, 0.25) is 5.02 Å².